The first-order chi connectivity index (χ1) is 12.8. The van der Waals surface area contributed by atoms with Gasteiger partial charge in [-0.1, -0.05) is 31.4 Å². The standard InChI is InChI=1S/C22H32N2O3/c1-22(2,27)13-12-17-8-10-18(11-9-17)21(26)23-14-15-24(20(25)16-23)19-6-4-3-5-7-19/h8-11,19,27H,3-7,12-16H2,1-2H3. The summed E-state index contributed by atoms with van der Waals surface area (Å²) in [6.45, 7) is 5.06. The highest BCUT2D eigenvalue weighted by atomic mass is 16.3. The Balaban J connectivity index is 1.56. The van der Waals surface area contributed by atoms with Crippen LogP contribution in [0.4, 0.5) is 0 Å². The first-order valence-corrected chi connectivity index (χ1v) is 10.2. The Labute approximate surface area is 162 Å². The molecule has 27 heavy (non-hydrogen) atoms. The van der Waals surface area contributed by atoms with E-state index in [0.717, 1.165) is 24.8 Å². The molecule has 1 aromatic rings. The summed E-state index contributed by atoms with van der Waals surface area (Å²) in [5.41, 5.74) is 1.04. The fraction of sp³-hybridized carbons (Fsp3) is 0.636. The molecule has 1 aromatic carbocycles. The molecule has 5 nitrogen and oxygen atoms in total. The van der Waals surface area contributed by atoms with Gasteiger partial charge in [-0.15, -0.1) is 0 Å². The summed E-state index contributed by atoms with van der Waals surface area (Å²) >= 11 is 0. The number of hydrogen-bond acceptors (Lipinski definition) is 3. The topological polar surface area (TPSA) is 60.9 Å². The molecule has 1 aliphatic carbocycles. The molecule has 1 N–H and O–H groups in total. The van der Waals surface area contributed by atoms with Gasteiger partial charge in [0.05, 0.1) is 5.60 Å². The van der Waals surface area contributed by atoms with Crippen molar-refractivity contribution >= 4 is 11.8 Å². The number of aryl methyl sites for hydroxylation is 1. The number of aliphatic hydroxyl groups is 1. The molecule has 1 heterocycles. The van der Waals surface area contributed by atoms with E-state index in [9.17, 15) is 14.7 Å². The highest BCUT2D eigenvalue weighted by molar-refractivity contribution is 5.97. The number of amides is 2. The molecule has 0 unspecified atom stereocenters. The van der Waals surface area contributed by atoms with Gasteiger partial charge < -0.3 is 14.9 Å². The van der Waals surface area contributed by atoms with Crippen molar-refractivity contribution in [3.8, 4) is 0 Å². The van der Waals surface area contributed by atoms with Crippen molar-refractivity contribution in [3.63, 3.8) is 0 Å². The van der Waals surface area contributed by atoms with Crippen molar-refractivity contribution in [1.29, 1.82) is 0 Å². The number of nitrogens with zero attached hydrogens (tertiary/aromatic N) is 2. The zero-order chi connectivity index (χ0) is 19.4. The zero-order valence-electron chi connectivity index (χ0n) is 16.6. The number of carbonyl (C=O) groups excluding carboxylic acids is 2. The van der Waals surface area contributed by atoms with Gasteiger partial charge in [-0.05, 0) is 57.2 Å². The predicted molar refractivity (Wildman–Crippen MR) is 106 cm³/mol. The summed E-state index contributed by atoms with van der Waals surface area (Å²) < 4.78 is 0. The van der Waals surface area contributed by atoms with E-state index < -0.39 is 5.60 Å². The van der Waals surface area contributed by atoms with Gasteiger partial charge in [0, 0.05) is 24.7 Å². The average molecular weight is 373 g/mol. The van der Waals surface area contributed by atoms with E-state index >= 15 is 0 Å². The number of benzene rings is 1. The fourth-order valence-corrected chi connectivity index (χ4v) is 4.09. The normalized spacial score (nSPS) is 19.4. The van der Waals surface area contributed by atoms with Gasteiger partial charge in [0.1, 0.15) is 6.54 Å². The minimum Gasteiger partial charge on any atom is -0.390 e. The Morgan fingerprint density at radius 1 is 1.11 bits per heavy atom. The predicted octanol–water partition coefficient (Wildman–Crippen LogP) is 3.01. The quantitative estimate of drug-likeness (QED) is 0.864. The molecule has 2 fully saturated rings. The van der Waals surface area contributed by atoms with Gasteiger partial charge in [-0.2, -0.15) is 0 Å². The van der Waals surface area contributed by atoms with Gasteiger partial charge in [0.2, 0.25) is 5.91 Å². The summed E-state index contributed by atoms with van der Waals surface area (Å²) in [7, 11) is 0. The van der Waals surface area contributed by atoms with E-state index in [0.29, 0.717) is 31.1 Å². The maximum Gasteiger partial charge on any atom is 0.254 e. The largest absolute Gasteiger partial charge is 0.390 e. The maximum atomic E-state index is 12.8. The van der Waals surface area contributed by atoms with E-state index in [2.05, 4.69) is 0 Å². The monoisotopic (exact) mass is 372 g/mol. The highest BCUT2D eigenvalue weighted by Crippen LogP contribution is 2.24. The van der Waals surface area contributed by atoms with Crippen LogP contribution >= 0.6 is 0 Å². The molecule has 0 radical (unpaired) electrons. The lowest BCUT2D eigenvalue weighted by atomic mass is 9.93. The summed E-state index contributed by atoms with van der Waals surface area (Å²) in [4.78, 5) is 29.0. The van der Waals surface area contributed by atoms with Crippen molar-refractivity contribution in [2.45, 2.75) is 70.4 Å². The molecule has 1 aliphatic heterocycles. The third-order valence-corrected chi connectivity index (χ3v) is 5.79. The van der Waals surface area contributed by atoms with Gasteiger partial charge in [-0.3, -0.25) is 9.59 Å². The van der Waals surface area contributed by atoms with E-state index in [1.807, 2.05) is 29.2 Å². The number of hydrogen-bond donors (Lipinski definition) is 1. The highest BCUT2D eigenvalue weighted by Gasteiger charge is 2.32. The third-order valence-electron chi connectivity index (χ3n) is 5.79. The van der Waals surface area contributed by atoms with Crippen molar-refractivity contribution in [2.75, 3.05) is 19.6 Å². The van der Waals surface area contributed by atoms with Gasteiger partial charge in [0.15, 0.2) is 0 Å². The second kappa shape index (κ2) is 8.42. The SMILES string of the molecule is CC(C)(O)CCc1ccc(C(=O)N2CCN(C3CCCCC3)C(=O)C2)cc1. The molecule has 148 valence electrons. The van der Waals surface area contributed by atoms with Crippen molar-refractivity contribution in [3.05, 3.63) is 35.4 Å². The second-order valence-electron chi connectivity index (χ2n) is 8.62. The number of rotatable bonds is 5. The molecule has 3 rings (SSSR count). The Hall–Kier alpha value is -1.88. The molecule has 5 heteroatoms. The average Bonchev–Trinajstić information content (AvgIpc) is 2.66. The first kappa shape index (κ1) is 19.9. The molecular weight excluding hydrogens is 340 g/mol. The van der Waals surface area contributed by atoms with Crippen LogP contribution in [0.25, 0.3) is 0 Å². The summed E-state index contributed by atoms with van der Waals surface area (Å²) in [5.74, 6) is 0.0176. The Morgan fingerprint density at radius 2 is 1.78 bits per heavy atom. The fourth-order valence-electron chi connectivity index (χ4n) is 4.09. The second-order valence-corrected chi connectivity index (χ2v) is 8.62. The lowest BCUT2D eigenvalue weighted by Crippen LogP contribution is -2.55. The Bertz CT molecular complexity index is 657. The molecular formula is C22H32N2O3. The molecule has 2 amide bonds. The number of piperazine rings is 1. The molecule has 0 spiro atoms. The van der Waals surface area contributed by atoms with Crippen LogP contribution in [0.1, 0.15) is 68.3 Å². The lowest BCUT2D eigenvalue weighted by Gasteiger charge is -2.40. The van der Waals surface area contributed by atoms with Crippen LogP contribution < -0.4 is 0 Å². The van der Waals surface area contributed by atoms with E-state index in [-0.39, 0.29) is 18.4 Å². The minimum atomic E-state index is -0.688. The Kier molecular flexibility index (Phi) is 6.20. The third kappa shape index (κ3) is 5.32. The van der Waals surface area contributed by atoms with Crippen molar-refractivity contribution in [2.24, 2.45) is 0 Å². The molecule has 0 aromatic heterocycles. The molecule has 1 saturated carbocycles. The van der Waals surface area contributed by atoms with E-state index in [4.69, 9.17) is 0 Å². The molecule has 0 bridgehead atoms. The molecule has 2 aliphatic rings. The van der Waals surface area contributed by atoms with Gasteiger partial charge >= 0.3 is 0 Å². The smallest absolute Gasteiger partial charge is 0.254 e. The van der Waals surface area contributed by atoms with Crippen LogP contribution in [0.5, 0.6) is 0 Å². The van der Waals surface area contributed by atoms with E-state index in [1.54, 1.807) is 18.7 Å². The van der Waals surface area contributed by atoms with Crippen LogP contribution in [0.15, 0.2) is 24.3 Å². The van der Waals surface area contributed by atoms with Crippen molar-refractivity contribution in [1.82, 2.24) is 9.80 Å². The maximum absolute atomic E-state index is 12.8. The van der Waals surface area contributed by atoms with Gasteiger partial charge in [0.25, 0.3) is 5.91 Å². The van der Waals surface area contributed by atoms with Crippen molar-refractivity contribution < 1.29 is 14.7 Å². The van der Waals surface area contributed by atoms with Crippen LogP contribution in [0.2, 0.25) is 0 Å². The summed E-state index contributed by atoms with van der Waals surface area (Å²) in [5, 5.41) is 9.84. The van der Waals surface area contributed by atoms with Crippen LogP contribution in [0, 0.1) is 0 Å². The zero-order valence-corrected chi connectivity index (χ0v) is 16.6. The molecule has 0 atom stereocenters. The summed E-state index contributed by atoms with van der Waals surface area (Å²) in [6, 6.07) is 7.93. The molecule has 1 saturated heterocycles. The van der Waals surface area contributed by atoms with E-state index in [1.165, 1.54) is 19.3 Å². The van der Waals surface area contributed by atoms with Crippen LogP contribution in [0.3, 0.4) is 0 Å². The Morgan fingerprint density at radius 3 is 2.37 bits per heavy atom. The van der Waals surface area contributed by atoms with Crippen LogP contribution in [-0.2, 0) is 11.2 Å². The first-order valence-electron chi connectivity index (χ1n) is 10.2. The number of carbonyl (C=O) groups is 2. The lowest BCUT2D eigenvalue weighted by molar-refractivity contribution is -0.138. The van der Waals surface area contributed by atoms with Gasteiger partial charge in [-0.25, -0.2) is 0 Å². The minimum absolute atomic E-state index is 0.0688. The summed E-state index contributed by atoms with van der Waals surface area (Å²) in [6.07, 6.45) is 7.34. The van der Waals surface area contributed by atoms with Crippen LogP contribution in [-0.4, -0.2) is 58.0 Å².